The molecule has 2 N–H and O–H groups in total. The van der Waals surface area contributed by atoms with Crippen molar-refractivity contribution in [2.24, 2.45) is 11.8 Å². The van der Waals surface area contributed by atoms with Crippen LogP contribution in [0.1, 0.15) is 27.8 Å². The number of fused-ring (bicyclic) bond motifs is 2. The first-order chi connectivity index (χ1) is 13.6. The Labute approximate surface area is 188 Å². The second-order valence-electron chi connectivity index (χ2n) is 7.81. The van der Waals surface area contributed by atoms with Crippen LogP contribution in [-0.4, -0.2) is 47.5 Å². The highest BCUT2D eigenvalue weighted by Gasteiger charge is 2.46. The van der Waals surface area contributed by atoms with E-state index in [1.807, 2.05) is 37.3 Å². The number of H-pyrrole nitrogens is 1. The van der Waals surface area contributed by atoms with Gasteiger partial charge in [-0.3, -0.25) is 4.79 Å². The molecule has 0 aliphatic carbocycles. The third-order valence-corrected chi connectivity index (χ3v) is 6.13. The van der Waals surface area contributed by atoms with Crippen molar-refractivity contribution in [3.05, 3.63) is 59.4 Å². The van der Waals surface area contributed by atoms with Crippen LogP contribution >= 0.6 is 24.8 Å². The number of aromatic nitrogens is 2. The third kappa shape index (κ3) is 3.75. The van der Waals surface area contributed by atoms with Crippen LogP contribution in [0.5, 0.6) is 5.75 Å². The average molecular weight is 449 g/mol. The highest BCUT2D eigenvalue weighted by atomic mass is 35.5. The number of carbonyl (C=O) groups excluding carboxylic acids is 1. The molecule has 0 bridgehead atoms. The number of amides is 1. The molecule has 30 heavy (non-hydrogen) atoms. The summed E-state index contributed by atoms with van der Waals surface area (Å²) in [6.07, 6.45) is 0. The summed E-state index contributed by atoms with van der Waals surface area (Å²) in [7, 11) is 1.67. The topological polar surface area (TPSA) is 70.2 Å². The molecule has 0 radical (unpaired) electrons. The van der Waals surface area contributed by atoms with Gasteiger partial charge in [-0.25, -0.2) is 4.98 Å². The van der Waals surface area contributed by atoms with Gasteiger partial charge in [0.05, 0.1) is 24.2 Å². The van der Waals surface area contributed by atoms with Crippen LogP contribution in [0.3, 0.4) is 0 Å². The van der Waals surface area contributed by atoms with Gasteiger partial charge in [0.15, 0.2) is 0 Å². The first-order valence-corrected chi connectivity index (χ1v) is 9.76. The summed E-state index contributed by atoms with van der Waals surface area (Å²) in [5.41, 5.74) is 3.68. The lowest BCUT2D eigenvalue weighted by Crippen LogP contribution is -2.34. The first kappa shape index (κ1) is 22.4. The van der Waals surface area contributed by atoms with Crippen molar-refractivity contribution in [3.8, 4) is 5.75 Å². The minimum Gasteiger partial charge on any atom is -0.497 e. The highest BCUT2D eigenvalue weighted by Crippen LogP contribution is 2.43. The monoisotopic (exact) mass is 448 g/mol. The zero-order valence-electron chi connectivity index (χ0n) is 16.9. The zero-order chi connectivity index (χ0) is 19.3. The van der Waals surface area contributed by atoms with Gasteiger partial charge in [0.25, 0.3) is 5.91 Å². The van der Waals surface area contributed by atoms with Crippen molar-refractivity contribution in [1.29, 1.82) is 0 Å². The van der Waals surface area contributed by atoms with E-state index in [-0.39, 0.29) is 36.8 Å². The van der Waals surface area contributed by atoms with Crippen molar-refractivity contribution >= 4 is 41.8 Å². The van der Waals surface area contributed by atoms with Gasteiger partial charge in [0, 0.05) is 31.1 Å². The maximum Gasteiger partial charge on any atom is 0.254 e. The molecule has 3 atom stereocenters. The summed E-state index contributed by atoms with van der Waals surface area (Å²) in [6.45, 7) is 4.63. The van der Waals surface area contributed by atoms with Gasteiger partial charge in [-0.15, -0.1) is 24.8 Å². The number of benzene rings is 2. The summed E-state index contributed by atoms with van der Waals surface area (Å²) in [6, 6.07) is 14.0. The number of rotatable bonds is 3. The van der Waals surface area contributed by atoms with E-state index in [0.29, 0.717) is 17.4 Å². The number of methoxy groups -OCH3 is 1. The van der Waals surface area contributed by atoms with Crippen LogP contribution in [0.25, 0.3) is 11.0 Å². The number of nitrogens with one attached hydrogen (secondary N) is 2. The lowest BCUT2D eigenvalue weighted by molar-refractivity contribution is 0.0714. The largest absolute Gasteiger partial charge is 0.497 e. The molecule has 3 aromatic rings. The van der Waals surface area contributed by atoms with E-state index in [1.165, 1.54) is 5.56 Å². The van der Waals surface area contributed by atoms with Crippen molar-refractivity contribution in [1.82, 2.24) is 20.2 Å². The lowest BCUT2D eigenvalue weighted by Gasteiger charge is -2.28. The molecule has 0 spiro atoms. The van der Waals surface area contributed by atoms with Crippen molar-refractivity contribution in [2.75, 3.05) is 26.7 Å². The fourth-order valence-corrected chi connectivity index (χ4v) is 4.79. The molecule has 5 rings (SSSR count). The second kappa shape index (κ2) is 8.84. The summed E-state index contributed by atoms with van der Waals surface area (Å²) >= 11 is 0. The van der Waals surface area contributed by atoms with Gasteiger partial charge >= 0.3 is 0 Å². The third-order valence-electron chi connectivity index (χ3n) is 6.13. The SMILES string of the molecule is COc1ccc([C@H]2[C@H]3CNC[C@H]3CN2C(=O)c2ccc3nc(C)[nH]c3c2)cc1.Cl.Cl. The predicted molar refractivity (Wildman–Crippen MR) is 122 cm³/mol. The number of ether oxygens (including phenoxy) is 1. The molecule has 2 fully saturated rings. The average Bonchev–Trinajstić information content (AvgIpc) is 3.39. The van der Waals surface area contributed by atoms with Gasteiger partial charge in [-0.1, -0.05) is 12.1 Å². The maximum absolute atomic E-state index is 13.5. The molecule has 3 heterocycles. The van der Waals surface area contributed by atoms with E-state index < -0.39 is 0 Å². The summed E-state index contributed by atoms with van der Waals surface area (Å²) in [5.74, 6) is 2.72. The van der Waals surface area contributed by atoms with Gasteiger partial charge in [-0.2, -0.15) is 0 Å². The lowest BCUT2D eigenvalue weighted by atomic mass is 9.89. The Kier molecular flexibility index (Phi) is 6.60. The molecule has 6 nitrogen and oxygen atoms in total. The van der Waals surface area contributed by atoms with Crippen LogP contribution < -0.4 is 10.1 Å². The maximum atomic E-state index is 13.5. The normalized spacial score (nSPS) is 22.3. The number of carbonyl (C=O) groups is 1. The summed E-state index contributed by atoms with van der Waals surface area (Å²) in [5, 5.41) is 3.50. The highest BCUT2D eigenvalue weighted by molar-refractivity contribution is 5.97. The van der Waals surface area contributed by atoms with E-state index in [4.69, 9.17) is 4.74 Å². The Hall–Kier alpha value is -2.28. The molecule has 2 aliphatic heterocycles. The number of hydrogen-bond donors (Lipinski definition) is 2. The Morgan fingerprint density at radius 3 is 2.63 bits per heavy atom. The first-order valence-electron chi connectivity index (χ1n) is 9.76. The van der Waals surface area contributed by atoms with Crippen LogP contribution in [0.2, 0.25) is 0 Å². The van der Waals surface area contributed by atoms with Gasteiger partial charge in [-0.05, 0) is 48.7 Å². The van der Waals surface area contributed by atoms with E-state index in [2.05, 4.69) is 32.3 Å². The molecular formula is C22H26Cl2N4O2. The number of nitrogens with zero attached hydrogens (tertiary/aromatic N) is 2. The van der Waals surface area contributed by atoms with E-state index in [0.717, 1.165) is 42.2 Å². The minimum absolute atomic E-state index is 0. The number of hydrogen-bond acceptors (Lipinski definition) is 4. The van der Waals surface area contributed by atoms with Crippen LogP contribution in [-0.2, 0) is 0 Å². The summed E-state index contributed by atoms with van der Waals surface area (Å²) in [4.78, 5) is 23.2. The van der Waals surface area contributed by atoms with Crippen molar-refractivity contribution < 1.29 is 9.53 Å². The van der Waals surface area contributed by atoms with E-state index in [1.54, 1.807) is 7.11 Å². The van der Waals surface area contributed by atoms with Crippen LogP contribution in [0, 0.1) is 18.8 Å². The number of aromatic amines is 1. The quantitative estimate of drug-likeness (QED) is 0.639. The van der Waals surface area contributed by atoms with Gasteiger partial charge < -0.3 is 19.9 Å². The number of likely N-dealkylation sites (tertiary alicyclic amines) is 1. The molecule has 160 valence electrons. The Morgan fingerprint density at radius 2 is 1.90 bits per heavy atom. The van der Waals surface area contributed by atoms with E-state index in [9.17, 15) is 4.79 Å². The molecule has 2 saturated heterocycles. The van der Waals surface area contributed by atoms with Gasteiger partial charge in [0.1, 0.15) is 11.6 Å². The molecule has 2 aliphatic rings. The fourth-order valence-electron chi connectivity index (χ4n) is 4.79. The molecular weight excluding hydrogens is 423 g/mol. The number of imidazole rings is 1. The number of halogens is 2. The predicted octanol–water partition coefficient (Wildman–Crippen LogP) is 3.76. The zero-order valence-corrected chi connectivity index (χ0v) is 18.6. The Morgan fingerprint density at radius 1 is 1.13 bits per heavy atom. The number of aryl methyl sites for hydroxylation is 1. The summed E-state index contributed by atoms with van der Waals surface area (Å²) < 4.78 is 5.30. The van der Waals surface area contributed by atoms with Crippen molar-refractivity contribution in [2.45, 2.75) is 13.0 Å². The fraction of sp³-hybridized carbons (Fsp3) is 0.364. The van der Waals surface area contributed by atoms with Crippen LogP contribution in [0.4, 0.5) is 0 Å². The Balaban J connectivity index is 0.00000128. The molecule has 0 unspecified atom stereocenters. The van der Waals surface area contributed by atoms with Crippen LogP contribution in [0.15, 0.2) is 42.5 Å². The van der Waals surface area contributed by atoms with E-state index >= 15 is 0 Å². The minimum atomic E-state index is 0. The van der Waals surface area contributed by atoms with Gasteiger partial charge in [0.2, 0.25) is 0 Å². The molecule has 1 amide bonds. The molecule has 8 heteroatoms. The second-order valence-corrected chi connectivity index (χ2v) is 7.81. The van der Waals surface area contributed by atoms with Crippen molar-refractivity contribution in [3.63, 3.8) is 0 Å². The molecule has 1 aromatic heterocycles. The smallest absolute Gasteiger partial charge is 0.254 e. The standard InChI is InChI=1S/C22H24N4O2.2ClH/c1-13-24-19-8-5-15(9-20(19)25-13)22(27)26-12-16-10-23-11-18(16)21(26)14-3-6-17(28-2)7-4-14;;/h3-9,16,18,21,23H,10-12H2,1-2H3,(H,24,25);2*1H/t16-,18-,21-;;/m0../s1. The molecule has 2 aromatic carbocycles. The molecule has 0 saturated carbocycles. The Bertz CT molecular complexity index is 1040.